The standard InChI is InChI=1S/C19H20N2O4S/c1-13-4-7-15(8-5-13)26(23,24)21-20-12-14-6-9-17-16(18(14)22)10-11-19(2,3)25-17/h4-12,21-22H,1-3H3/b20-12+. The number of sulfonamides is 1. The Kier molecular flexibility index (Phi) is 4.50. The summed E-state index contributed by atoms with van der Waals surface area (Å²) in [6, 6.07) is 9.77. The number of hydrogen-bond donors (Lipinski definition) is 2. The molecule has 0 saturated heterocycles. The number of ether oxygens (including phenoxy) is 1. The summed E-state index contributed by atoms with van der Waals surface area (Å²) in [5, 5.41) is 14.1. The molecule has 0 saturated carbocycles. The van der Waals surface area contributed by atoms with Crippen LogP contribution in [0.15, 0.2) is 52.5 Å². The molecule has 136 valence electrons. The van der Waals surface area contributed by atoms with Gasteiger partial charge in [-0.15, -0.1) is 0 Å². The summed E-state index contributed by atoms with van der Waals surface area (Å²) in [5.74, 6) is 0.542. The molecule has 0 aliphatic carbocycles. The normalized spacial score (nSPS) is 15.5. The van der Waals surface area contributed by atoms with E-state index in [1.54, 1.807) is 30.3 Å². The molecule has 0 amide bonds. The van der Waals surface area contributed by atoms with Crippen LogP contribution in [0.4, 0.5) is 0 Å². The van der Waals surface area contributed by atoms with Gasteiger partial charge >= 0.3 is 0 Å². The minimum absolute atomic E-state index is 0.0208. The number of nitrogens with one attached hydrogen (secondary N) is 1. The molecule has 2 N–H and O–H groups in total. The van der Waals surface area contributed by atoms with Crippen molar-refractivity contribution in [1.82, 2.24) is 4.83 Å². The lowest BCUT2D eigenvalue weighted by Gasteiger charge is -2.28. The third kappa shape index (κ3) is 3.72. The van der Waals surface area contributed by atoms with Crippen molar-refractivity contribution in [2.45, 2.75) is 31.3 Å². The molecule has 1 aliphatic heterocycles. The van der Waals surface area contributed by atoms with Gasteiger partial charge in [-0.05, 0) is 57.2 Å². The molecule has 1 aliphatic rings. The zero-order chi connectivity index (χ0) is 18.9. The second-order valence-electron chi connectivity index (χ2n) is 6.62. The van der Waals surface area contributed by atoms with Crippen molar-refractivity contribution < 1.29 is 18.3 Å². The average Bonchev–Trinajstić information content (AvgIpc) is 2.56. The molecule has 0 spiro atoms. The number of hydrazone groups is 1. The molecule has 1 heterocycles. The van der Waals surface area contributed by atoms with Gasteiger partial charge in [0.1, 0.15) is 17.1 Å². The van der Waals surface area contributed by atoms with E-state index < -0.39 is 15.6 Å². The van der Waals surface area contributed by atoms with Gasteiger partial charge in [0.2, 0.25) is 0 Å². The number of benzene rings is 2. The first-order valence-electron chi connectivity index (χ1n) is 8.04. The van der Waals surface area contributed by atoms with Gasteiger partial charge < -0.3 is 9.84 Å². The maximum absolute atomic E-state index is 12.2. The number of aromatic hydroxyl groups is 1. The second kappa shape index (κ2) is 6.49. The van der Waals surface area contributed by atoms with Gasteiger partial charge in [0.25, 0.3) is 10.0 Å². The van der Waals surface area contributed by atoms with E-state index >= 15 is 0 Å². The number of phenolic OH excluding ortho intramolecular Hbond substituents is 1. The average molecular weight is 372 g/mol. The fourth-order valence-electron chi connectivity index (χ4n) is 2.50. The molecule has 7 heteroatoms. The third-order valence-electron chi connectivity index (χ3n) is 3.94. The second-order valence-corrected chi connectivity index (χ2v) is 8.28. The van der Waals surface area contributed by atoms with E-state index in [9.17, 15) is 13.5 Å². The molecule has 0 aromatic heterocycles. The summed E-state index contributed by atoms with van der Waals surface area (Å²) in [6.45, 7) is 5.71. The van der Waals surface area contributed by atoms with Crippen molar-refractivity contribution in [3.05, 3.63) is 59.2 Å². The van der Waals surface area contributed by atoms with Crippen LogP contribution >= 0.6 is 0 Å². The van der Waals surface area contributed by atoms with Crippen molar-refractivity contribution in [2.75, 3.05) is 0 Å². The first kappa shape index (κ1) is 18.0. The lowest BCUT2D eigenvalue weighted by atomic mass is 10.00. The number of rotatable bonds is 4. The van der Waals surface area contributed by atoms with Crippen LogP contribution in [-0.4, -0.2) is 25.3 Å². The van der Waals surface area contributed by atoms with E-state index in [0.29, 0.717) is 16.9 Å². The van der Waals surface area contributed by atoms with Gasteiger partial charge in [0, 0.05) is 5.56 Å². The van der Waals surface area contributed by atoms with Gasteiger partial charge in [-0.2, -0.15) is 13.5 Å². The summed E-state index contributed by atoms with van der Waals surface area (Å²) in [7, 11) is -3.76. The first-order chi connectivity index (χ1) is 12.2. The SMILES string of the molecule is Cc1ccc(S(=O)(=O)N/N=C/c2ccc3c(c2O)C=CC(C)(C)O3)cc1. The quantitative estimate of drug-likeness (QED) is 0.637. The van der Waals surface area contributed by atoms with E-state index in [0.717, 1.165) is 5.56 Å². The Labute approximate surface area is 152 Å². The monoisotopic (exact) mass is 372 g/mol. The molecule has 0 fully saturated rings. The molecule has 3 rings (SSSR count). The Morgan fingerprint density at radius 2 is 1.85 bits per heavy atom. The molecule has 6 nitrogen and oxygen atoms in total. The fraction of sp³-hybridized carbons (Fsp3) is 0.211. The van der Waals surface area contributed by atoms with Crippen LogP contribution in [0.1, 0.15) is 30.5 Å². The summed E-state index contributed by atoms with van der Waals surface area (Å²) in [6.07, 6.45) is 4.88. The minimum atomic E-state index is -3.76. The lowest BCUT2D eigenvalue weighted by molar-refractivity contribution is 0.158. The number of aryl methyl sites for hydroxylation is 1. The van der Waals surface area contributed by atoms with E-state index in [1.165, 1.54) is 18.3 Å². The molecular formula is C19H20N2O4S. The molecule has 0 atom stereocenters. The zero-order valence-corrected chi connectivity index (χ0v) is 15.5. The van der Waals surface area contributed by atoms with E-state index in [1.807, 2.05) is 26.8 Å². The largest absolute Gasteiger partial charge is 0.506 e. The van der Waals surface area contributed by atoms with Gasteiger partial charge in [-0.1, -0.05) is 17.7 Å². The molecule has 26 heavy (non-hydrogen) atoms. The number of nitrogens with zero attached hydrogens (tertiary/aromatic N) is 1. The van der Waals surface area contributed by atoms with Gasteiger partial charge in [0.05, 0.1) is 16.7 Å². The van der Waals surface area contributed by atoms with Crippen LogP contribution in [0.5, 0.6) is 11.5 Å². The number of phenols is 1. The summed E-state index contributed by atoms with van der Waals surface area (Å²) in [5.41, 5.74) is 1.43. The Morgan fingerprint density at radius 1 is 1.15 bits per heavy atom. The van der Waals surface area contributed by atoms with Crippen molar-refractivity contribution in [3.63, 3.8) is 0 Å². The van der Waals surface area contributed by atoms with Crippen LogP contribution in [0.2, 0.25) is 0 Å². The third-order valence-corrected chi connectivity index (χ3v) is 5.18. The molecule has 0 radical (unpaired) electrons. The van der Waals surface area contributed by atoms with Crippen LogP contribution in [-0.2, 0) is 10.0 Å². The summed E-state index contributed by atoms with van der Waals surface area (Å²) >= 11 is 0. The maximum Gasteiger partial charge on any atom is 0.276 e. The maximum atomic E-state index is 12.2. The van der Waals surface area contributed by atoms with E-state index in [2.05, 4.69) is 9.93 Å². The van der Waals surface area contributed by atoms with Gasteiger partial charge in [0.15, 0.2) is 0 Å². The fourth-order valence-corrected chi connectivity index (χ4v) is 3.29. The molecule has 2 aromatic carbocycles. The van der Waals surface area contributed by atoms with Crippen LogP contribution in [0, 0.1) is 6.92 Å². The predicted octanol–water partition coefficient (Wildman–Crippen LogP) is 3.20. The predicted molar refractivity (Wildman–Crippen MR) is 101 cm³/mol. The molecular weight excluding hydrogens is 352 g/mol. The summed E-state index contributed by atoms with van der Waals surface area (Å²) in [4.78, 5) is 2.26. The van der Waals surface area contributed by atoms with Crippen LogP contribution in [0.25, 0.3) is 6.08 Å². The Balaban J connectivity index is 1.80. The highest BCUT2D eigenvalue weighted by molar-refractivity contribution is 7.89. The Bertz CT molecular complexity index is 991. The van der Waals surface area contributed by atoms with Crippen molar-refractivity contribution in [3.8, 4) is 11.5 Å². The van der Waals surface area contributed by atoms with Crippen molar-refractivity contribution in [2.24, 2.45) is 5.10 Å². The molecule has 0 unspecified atom stereocenters. The van der Waals surface area contributed by atoms with E-state index in [-0.39, 0.29) is 10.6 Å². The molecule has 0 bridgehead atoms. The van der Waals surface area contributed by atoms with Gasteiger partial charge in [-0.25, -0.2) is 4.83 Å². The highest BCUT2D eigenvalue weighted by Gasteiger charge is 2.24. The topological polar surface area (TPSA) is 88.0 Å². The zero-order valence-electron chi connectivity index (χ0n) is 14.7. The highest BCUT2D eigenvalue weighted by Crippen LogP contribution is 2.37. The van der Waals surface area contributed by atoms with E-state index in [4.69, 9.17) is 4.74 Å². The smallest absolute Gasteiger partial charge is 0.276 e. The van der Waals surface area contributed by atoms with Gasteiger partial charge in [-0.3, -0.25) is 0 Å². The Morgan fingerprint density at radius 3 is 2.54 bits per heavy atom. The minimum Gasteiger partial charge on any atom is -0.506 e. The van der Waals surface area contributed by atoms with Crippen molar-refractivity contribution in [1.29, 1.82) is 0 Å². The number of fused-ring (bicyclic) bond motifs is 1. The first-order valence-corrected chi connectivity index (χ1v) is 9.52. The number of hydrogen-bond acceptors (Lipinski definition) is 5. The summed E-state index contributed by atoms with van der Waals surface area (Å²) < 4.78 is 30.2. The highest BCUT2D eigenvalue weighted by atomic mass is 32.2. The van der Waals surface area contributed by atoms with Crippen molar-refractivity contribution >= 4 is 22.3 Å². The molecule has 2 aromatic rings. The lowest BCUT2D eigenvalue weighted by Crippen LogP contribution is -2.27. The van der Waals surface area contributed by atoms with Crippen LogP contribution in [0.3, 0.4) is 0 Å². The van der Waals surface area contributed by atoms with Crippen LogP contribution < -0.4 is 9.57 Å². The Hall–Kier alpha value is -2.80.